The third-order valence-corrected chi connectivity index (χ3v) is 10.9. The van der Waals surface area contributed by atoms with Crippen molar-refractivity contribution in [2.24, 2.45) is 23.2 Å². The van der Waals surface area contributed by atoms with E-state index in [2.05, 4.69) is 12.2 Å². The van der Waals surface area contributed by atoms with Gasteiger partial charge in [0, 0.05) is 44.7 Å². The van der Waals surface area contributed by atoms with E-state index >= 15 is 0 Å². The van der Waals surface area contributed by atoms with Gasteiger partial charge in [-0.3, -0.25) is 9.59 Å². The average Bonchev–Trinajstić information content (AvgIpc) is 2.81. The highest BCUT2D eigenvalue weighted by molar-refractivity contribution is 7.89. The standard InChI is InChI=1S/C26H37N3O4S/c1-3-24(26-15-19-11-20(16-26)13-21(12-19)17-26)27-25(31)22-5-4-6-23(14-22)34(32,33)29-9-7-28(8-10-29)18(2)30/h4-6,14,19-21,24H,3,7-13,15-17H2,1-2H3,(H,27,31). The van der Waals surface area contributed by atoms with Crippen LogP contribution in [0.1, 0.15) is 69.2 Å². The molecule has 1 heterocycles. The van der Waals surface area contributed by atoms with Gasteiger partial charge in [-0.05, 0) is 86.3 Å². The van der Waals surface area contributed by atoms with Gasteiger partial charge in [-0.2, -0.15) is 4.31 Å². The summed E-state index contributed by atoms with van der Waals surface area (Å²) >= 11 is 0. The maximum absolute atomic E-state index is 13.3. The highest BCUT2D eigenvalue weighted by Gasteiger charge is 2.54. The number of hydrogen-bond acceptors (Lipinski definition) is 4. The summed E-state index contributed by atoms with van der Waals surface area (Å²) in [6, 6.07) is 6.55. The number of carbonyl (C=O) groups is 2. The number of amides is 2. The molecule has 4 saturated carbocycles. The van der Waals surface area contributed by atoms with Crippen LogP contribution in [-0.4, -0.2) is 61.7 Å². The fourth-order valence-electron chi connectivity index (χ4n) is 7.72. The number of benzene rings is 1. The van der Waals surface area contributed by atoms with E-state index < -0.39 is 10.0 Å². The first kappa shape index (κ1) is 23.8. The zero-order valence-electron chi connectivity index (χ0n) is 20.3. The Hall–Kier alpha value is -1.93. The molecule has 2 amide bonds. The predicted molar refractivity (Wildman–Crippen MR) is 130 cm³/mol. The van der Waals surface area contributed by atoms with Gasteiger partial charge in [0.05, 0.1) is 4.90 Å². The molecular formula is C26H37N3O4S. The minimum atomic E-state index is -3.72. The Balaban J connectivity index is 1.30. The summed E-state index contributed by atoms with van der Waals surface area (Å²) in [7, 11) is -3.72. The van der Waals surface area contributed by atoms with Gasteiger partial charge in [0.2, 0.25) is 15.9 Å². The molecule has 1 saturated heterocycles. The van der Waals surface area contributed by atoms with Crippen LogP contribution in [0.25, 0.3) is 0 Å². The highest BCUT2D eigenvalue weighted by Crippen LogP contribution is 2.61. The van der Waals surface area contributed by atoms with Gasteiger partial charge in [0.15, 0.2) is 0 Å². The molecule has 5 aliphatic rings. The summed E-state index contributed by atoms with van der Waals surface area (Å²) in [5.41, 5.74) is 0.603. The Morgan fingerprint density at radius 2 is 1.62 bits per heavy atom. The van der Waals surface area contributed by atoms with Gasteiger partial charge in [-0.1, -0.05) is 13.0 Å². The van der Waals surface area contributed by atoms with Gasteiger partial charge >= 0.3 is 0 Å². The van der Waals surface area contributed by atoms with E-state index in [-0.39, 0.29) is 41.3 Å². The first-order valence-electron chi connectivity index (χ1n) is 12.9. The molecule has 5 fully saturated rings. The molecule has 8 heteroatoms. The molecule has 1 aliphatic heterocycles. The van der Waals surface area contributed by atoms with Crippen LogP contribution < -0.4 is 5.32 Å². The molecule has 4 bridgehead atoms. The van der Waals surface area contributed by atoms with Gasteiger partial charge < -0.3 is 10.2 Å². The lowest BCUT2D eigenvalue weighted by Gasteiger charge is -2.59. The van der Waals surface area contributed by atoms with Gasteiger partial charge in [-0.15, -0.1) is 0 Å². The van der Waals surface area contributed by atoms with Crippen LogP contribution in [0.2, 0.25) is 0 Å². The van der Waals surface area contributed by atoms with Gasteiger partial charge in [0.1, 0.15) is 0 Å². The number of nitrogens with zero attached hydrogens (tertiary/aromatic N) is 2. The summed E-state index contributed by atoms with van der Waals surface area (Å²) in [5, 5.41) is 3.32. The molecule has 7 nitrogen and oxygen atoms in total. The molecule has 0 spiro atoms. The topological polar surface area (TPSA) is 86.8 Å². The van der Waals surface area contributed by atoms with Crippen molar-refractivity contribution in [3.05, 3.63) is 29.8 Å². The Morgan fingerprint density at radius 1 is 1.03 bits per heavy atom. The molecule has 34 heavy (non-hydrogen) atoms. The van der Waals surface area contributed by atoms with Crippen molar-refractivity contribution in [2.75, 3.05) is 26.2 Å². The monoisotopic (exact) mass is 487 g/mol. The van der Waals surface area contributed by atoms with Crippen LogP contribution in [-0.2, 0) is 14.8 Å². The summed E-state index contributed by atoms with van der Waals surface area (Å²) in [6.45, 7) is 4.96. The number of piperazine rings is 1. The molecule has 0 radical (unpaired) electrons. The van der Waals surface area contributed by atoms with E-state index in [0.29, 0.717) is 18.7 Å². The maximum Gasteiger partial charge on any atom is 0.251 e. The minimum Gasteiger partial charge on any atom is -0.349 e. The summed E-state index contributed by atoms with van der Waals surface area (Å²) in [5.74, 6) is 2.22. The summed E-state index contributed by atoms with van der Waals surface area (Å²) < 4.78 is 27.9. The zero-order valence-corrected chi connectivity index (χ0v) is 21.1. The normalized spacial score (nSPS) is 31.9. The number of nitrogens with one attached hydrogen (secondary N) is 1. The van der Waals surface area contributed by atoms with E-state index in [4.69, 9.17) is 0 Å². The predicted octanol–water partition coefficient (Wildman–Crippen LogP) is 3.26. The van der Waals surface area contributed by atoms with E-state index in [9.17, 15) is 18.0 Å². The molecule has 4 aliphatic carbocycles. The molecule has 1 aromatic carbocycles. The van der Waals surface area contributed by atoms with Crippen molar-refractivity contribution < 1.29 is 18.0 Å². The number of rotatable bonds is 6. The van der Waals surface area contributed by atoms with Crippen LogP contribution in [0.4, 0.5) is 0 Å². The Kier molecular flexibility index (Phi) is 6.25. The third-order valence-electron chi connectivity index (χ3n) is 8.96. The lowest BCUT2D eigenvalue weighted by Crippen LogP contribution is -2.56. The van der Waals surface area contributed by atoms with Crippen LogP contribution in [0.5, 0.6) is 0 Å². The average molecular weight is 488 g/mol. The first-order chi connectivity index (χ1) is 16.2. The number of hydrogen-bond donors (Lipinski definition) is 1. The highest BCUT2D eigenvalue weighted by atomic mass is 32.2. The second kappa shape index (κ2) is 8.94. The van der Waals surface area contributed by atoms with Crippen molar-refractivity contribution in [3.63, 3.8) is 0 Å². The Bertz CT molecular complexity index is 1030. The van der Waals surface area contributed by atoms with Crippen molar-refractivity contribution in [2.45, 2.75) is 69.7 Å². The minimum absolute atomic E-state index is 0.0415. The molecular weight excluding hydrogens is 450 g/mol. The summed E-state index contributed by atoms with van der Waals surface area (Å²) in [4.78, 5) is 26.7. The largest absolute Gasteiger partial charge is 0.349 e. The second-order valence-electron chi connectivity index (χ2n) is 11.2. The molecule has 1 atom stereocenters. The molecule has 1 aromatic rings. The Morgan fingerprint density at radius 3 is 2.15 bits per heavy atom. The summed E-state index contributed by atoms with van der Waals surface area (Å²) in [6.07, 6.45) is 8.66. The van der Waals surface area contributed by atoms with Crippen molar-refractivity contribution in [1.29, 1.82) is 0 Å². The van der Waals surface area contributed by atoms with Crippen molar-refractivity contribution in [1.82, 2.24) is 14.5 Å². The zero-order chi connectivity index (χ0) is 24.1. The van der Waals surface area contributed by atoms with E-state index in [0.717, 1.165) is 24.2 Å². The molecule has 6 rings (SSSR count). The number of carbonyl (C=O) groups excluding carboxylic acids is 2. The lowest BCUT2D eigenvalue weighted by atomic mass is 9.47. The molecule has 0 aromatic heterocycles. The van der Waals surface area contributed by atoms with Crippen LogP contribution >= 0.6 is 0 Å². The van der Waals surface area contributed by atoms with E-state index in [1.165, 1.54) is 55.8 Å². The fraction of sp³-hybridized carbons (Fsp3) is 0.692. The molecule has 1 unspecified atom stereocenters. The van der Waals surface area contributed by atoms with Crippen LogP contribution in [0.3, 0.4) is 0 Å². The molecule has 186 valence electrons. The van der Waals surface area contributed by atoms with Crippen molar-refractivity contribution in [3.8, 4) is 0 Å². The van der Waals surface area contributed by atoms with Crippen LogP contribution in [0, 0.1) is 23.2 Å². The second-order valence-corrected chi connectivity index (χ2v) is 13.1. The van der Waals surface area contributed by atoms with E-state index in [1.807, 2.05) is 0 Å². The SMILES string of the molecule is CCC(NC(=O)c1cccc(S(=O)(=O)N2CCN(C(C)=O)CC2)c1)C12CC3CC(CC(C3)C1)C2. The van der Waals surface area contributed by atoms with Crippen LogP contribution in [0.15, 0.2) is 29.2 Å². The van der Waals surface area contributed by atoms with Gasteiger partial charge in [-0.25, -0.2) is 8.42 Å². The fourth-order valence-corrected chi connectivity index (χ4v) is 9.19. The molecule has 1 N–H and O–H groups in total. The number of sulfonamides is 1. The van der Waals surface area contributed by atoms with E-state index in [1.54, 1.807) is 23.1 Å². The maximum atomic E-state index is 13.3. The lowest BCUT2D eigenvalue weighted by molar-refractivity contribution is -0.129. The van der Waals surface area contributed by atoms with Crippen molar-refractivity contribution >= 4 is 21.8 Å². The first-order valence-corrected chi connectivity index (χ1v) is 14.3. The smallest absolute Gasteiger partial charge is 0.251 e. The van der Waals surface area contributed by atoms with Gasteiger partial charge in [0.25, 0.3) is 5.91 Å². The Labute approximate surface area is 203 Å². The quantitative estimate of drug-likeness (QED) is 0.667. The third kappa shape index (κ3) is 4.28.